The number of hydrogen-bond acceptors (Lipinski definition) is 6. The van der Waals surface area contributed by atoms with E-state index in [1.54, 1.807) is 31.2 Å². The lowest BCUT2D eigenvalue weighted by Gasteiger charge is -2.19. The summed E-state index contributed by atoms with van der Waals surface area (Å²) in [4.78, 5) is 23.8. The highest BCUT2D eigenvalue weighted by atomic mass is 16.5. The summed E-state index contributed by atoms with van der Waals surface area (Å²) < 4.78 is 9.79. The van der Waals surface area contributed by atoms with E-state index < -0.39 is 29.9 Å². The Kier molecular flexibility index (Phi) is 4.80. The molecule has 0 spiro atoms. The number of carbonyl (C=O) groups is 2. The molecular formula is C15H19NO5. The smallest absolute Gasteiger partial charge is 0.323 e. The molecule has 0 radical (unpaired) electrons. The first kappa shape index (κ1) is 15.3. The Morgan fingerprint density at radius 2 is 2.05 bits per heavy atom. The van der Waals surface area contributed by atoms with Crippen molar-refractivity contribution in [2.45, 2.75) is 25.4 Å². The van der Waals surface area contributed by atoms with E-state index in [4.69, 9.17) is 9.47 Å². The lowest BCUT2D eigenvalue weighted by Crippen LogP contribution is -2.34. The molecule has 2 rings (SSSR count). The molecule has 114 valence electrons. The van der Waals surface area contributed by atoms with Crippen LogP contribution in [0.5, 0.6) is 5.75 Å². The largest absolute Gasteiger partial charge is 0.508 e. The van der Waals surface area contributed by atoms with Gasteiger partial charge in [0.15, 0.2) is 0 Å². The van der Waals surface area contributed by atoms with Crippen molar-refractivity contribution < 1.29 is 24.2 Å². The van der Waals surface area contributed by atoms with Crippen LogP contribution >= 0.6 is 0 Å². The number of phenolic OH excluding ortho intramolecular Hbond substituents is 1. The Hall–Kier alpha value is -2.08. The van der Waals surface area contributed by atoms with Gasteiger partial charge in [-0.15, -0.1) is 0 Å². The fraction of sp³-hybridized carbons (Fsp3) is 0.467. The van der Waals surface area contributed by atoms with E-state index >= 15 is 0 Å². The van der Waals surface area contributed by atoms with Gasteiger partial charge < -0.3 is 14.6 Å². The van der Waals surface area contributed by atoms with E-state index in [1.807, 2.05) is 0 Å². The third kappa shape index (κ3) is 3.16. The number of esters is 2. The van der Waals surface area contributed by atoms with E-state index in [0.29, 0.717) is 5.56 Å². The molecule has 0 saturated carbocycles. The molecule has 1 saturated heterocycles. The molecule has 1 aliphatic rings. The molecule has 3 atom stereocenters. The molecular weight excluding hydrogens is 274 g/mol. The summed E-state index contributed by atoms with van der Waals surface area (Å²) in [7, 11) is 1.31. The monoisotopic (exact) mass is 293 g/mol. The number of methoxy groups -OCH3 is 1. The molecule has 6 heteroatoms. The summed E-state index contributed by atoms with van der Waals surface area (Å²) in [5, 5.41) is 13.0. The van der Waals surface area contributed by atoms with Crippen LogP contribution in [0.15, 0.2) is 24.3 Å². The lowest BCUT2D eigenvalue weighted by molar-refractivity contribution is -0.146. The Balaban J connectivity index is 2.27. The van der Waals surface area contributed by atoms with Crippen LogP contribution < -0.4 is 5.32 Å². The second-order valence-corrected chi connectivity index (χ2v) is 4.87. The predicted molar refractivity (Wildman–Crippen MR) is 74.5 cm³/mol. The molecule has 21 heavy (non-hydrogen) atoms. The van der Waals surface area contributed by atoms with Crippen LogP contribution in [-0.2, 0) is 19.1 Å². The van der Waals surface area contributed by atoms with Crippen LogP contribution in [0.25, 0.3) is 0 Å². The first-order chi connectivity index (χ1) is 10.1. The maximum absolute atomic E-state index is 11.9. The van der Waals surface area contributed by atoms with Gasteiger partial charge in [-0.1, -0.05) is 18.2 Å². The molecule has 0 bridgehead atoms. The number of nitrogens with one attached hydrogen (secondary N) is 1. The Labute approximate surface area is 123 Å². The summed E-state index contributed by atoms with van der Waals surface area (Å²) in [6.45, 7) is 2.01. The number of aromatic hydroxyl groups is 1. The summed E-state index contributed by atoms with van der Waals surface area (Å²) >= 11 is 0. The van der Waals surface area contributed by atoms with Crippen molar-refractivity contribution in [3.8, 4) is 5.75 Å². The zero-order valence-corrected chi connectivity index (χ0v) is 12.0. The van der Waals surface area contributed by atoms with Gasteiger partial charge in [0.05, 0.1) is 19.6 Å². The number of hydrogen-bond donors (Lipinski definition) is 2. The van der Waals surface area contributed by atoms with E-state index in [-0.39, 0.29) is 18.8 Å². The summed E-state index contributed by atoms with van der Waals surface area (Å²) in [6.07, 6.45) is 0.282. The lowest BCUT2D eigenvalue weighted by atomic mass is 9.93. The van der Waals surface area contributed by atoms with Crippen molar-refractivity contribution in [1.29, 1.82) is 0 Å². The van der Waals surface area contributed by atoms with Crippen molar-refractivity contribution in [3.63, 3.8) is 0 Å². The number of carbonyl (C=O) groups excluding carboxylic acids is 2. The first-order valence-corrected chi connectivity index (χ1v) is 6.86. The van der Waals surface area contributed by atoms with Crippen molar-refractivity contribution >= 4 is 11.9 Å². The minimum absolute atomic E-state index is 0.0772. The third-order valence-corrected chi connectivity index (χ3v) is 3.62. The zero-order chi connectivity index (χ0) is 15.4. The Bertz CT molecular complexity index is 531. The normalized spacial score (nSPS) is 24.6. The minimum Gasteiger partial charge on any atom is -0.508 e. The number of para-hydroxylation sites is 1. The maximum Gasteiger partial charge on any atom is 0.323 e. The maximum atomic E-state index is 11.9. The highest BCUT2D eigenvalue weighted by Crippen LogP contribution is 2.37. The quantitative estimate of drug-likeness (QED) is 0.810. The summed E-state index contributed by atoms with van der Waals surface area (Å²) in [5.41, 5.74) is 0.569. The van der Waals surface area contributed by atoms with Gasteiger partial charge in [-0.05, 0) is 19.4 Å². The second-order valence-electron chi connectivity index (χ2n) is 4.87. The van der Waals surface area contributed by atoms with E-state index in [0.717, 1.165) is 0 Å². The molecule has 6 nitrogen and oxygen atoms in total. The minimum atomic E-state index is -0.585. The topological polar surface area (TPSA) is 84.9 Å². The number of rotatable bonds is 4. The fourth-order valence-electron chi connectivity index (χ4n) is 2.64. The molecule has 1 fully saturated rings. The Morgan fingerprint density at radius 3 is 2.67 bits per heavy atom. The van der Waals surface area contributed by atoms with E-state index in [1.165, 1.54) is 7.11 Å². The van der Waals surface area contributed by atoms with Crippen molar-refractivity contribution in [2.24, 2.45) is 5.92 Å². The number of benzene rings is 1. The van der Waals surface area contributed by atoms with Gasteiger partial charge >= 0.3 is 11.9 Å². The van der Waals surface area contributed by atoms with Crippen LogP contribution in [0.4, 0.5) is 0 Å². The molecule has 1 aromatic rings. The molecule has 3 unspecified atom stereocenters. The molecule has 2 N–H and O–H groups in total. The molecule has 0 aromatic heterocycles. The van der Waals surface area contributed by atoms with Gasteiger partial charge in [0.2, 0.25) is 0 Å². The zero-order valence-electron chi connectivity index (χ0n) is 12.0. The van der Waals surface area contributed by atoms with Crippen molar-refractivity contribution in [2.75, 3.05) is 13.7 Å². The van der Waals surface area contributed by atoms with Gasteiger partial charge in [0.25, 0.3) is 0 Å². The van der Waals surface area contributed by atoms with Crippen LogP contribution in [-0.4, -0.2) is 36.8 Å². The van der Waals surface area contributed by atoms with Gasteiger partial charge in [-0.25, -0.2) is 0 Å². The van der Waals surface area contributed by atoms with Crippen LogP contribution in [0.3, 0.4) is 0 Å². The van der Waals surface area contributed by atoms with Crippen LogP contribution in [0, 0.1) is 5.92 Å². The molecule has 1 aliphatic heterocycles. The highest BCUT2D eigenvalue weighted by Gasteiger charge is 2.44. The molecule has 0 amide bonds. The predicted octanol–water partition coefficient (Wildman–Crippen LogP) is 1.15. The van der Waals surface area contributed by atoms with Gasteiger partial charge in [0, 0.05) is 11.6 Å². The van der Waals surface area contributed by atoms with E-state index in [9.17, 15) is 14.7 Å². The van der Waals surface area contributed by atoms with Gasteiger partial charge in [0.1, 0.15) is 11.8 Å². The van der Waals surface area contributed by atoms with Gasteiger partial charge in [-0.2, -0.15) is 0 Å². The third-order valence-electron chi connectivity index (χ3n) is 3.62. The van der Waals surface area contributed by atoms with Crippen LogP contribution in [0.2, 0.25) is 0 Å². The molecule has 1 heterocycles. The number of phenols is 1. The Morgan fingerprint density at radius 1 is 1.33 bits per heavy atom. The van der Waals surface area contributed by atoms with Crippen molar-refractivity contribution in [1.82, 2.24) is 5.32 Å². The van der Waals surface area contributed by atoms with E-state index in [2.05, 4.69) is 5.32 Å². The SMILES string of the molecule is CCOC(=O)C1CC(C(=O)OC)C(c2ccccc2O)N1. The summed E-state index contributed by atoms with van der Waals surface area (Å²) in [5.74, 6) is -1.28. The second kappa shape index (κ2) is 6.58. The highest BCUT2D eigenvalue weighted by molar-refractivity contribution is 5.80. The molecule has 0 aliphatic carbocycles. The number of ether oxygens (including phenoxy) is 2. The average Bonchev–Trinajstić information content (AvgIpc) is 2.92. The fourth-order valence-corrected chi connectivity index (χ4v) is 2.64. The van der Waals surface area contributed by atoms with Crippen molar-refractivity contribution in [3.05, 3.63) is 29.8 Å². The summed E-state index contributed by atoms with van der Waals surface area (Å²) in [6, 6.07) is 5.66. The standard InChI is InChI=1S/C15H19NO5/c1-3-21-15(19)11-8-10(14(18)20-2)13(16-11)9-6-4-5-7-12(9)17/h4-7,10-11,13,16-17H,3,8H2,1-2H3. The van der Waals surface area contributed by atoms with Crippen LogP contribution in [0.1, 0.15) is 24.9 Å². The molecule has 1 aromatic carbocycles. The first-order valence-electron chi connectivity index (χ1n) is 6.86. The average molecular weight is 293 g/mol. The van der Waals surface area contributed by atoms with Gasteiger partial charge in [-0.3, -0.25) is 14.9 Å².